The summed E-state index contributed by atoms with van der Waals surface area (Å²) in [6.45, 7) is 7.41. The fourth-order valence-electron chi connectivity index (χ4n) is 3.30. The number of halogens is 1. The third kappa shape index (κ3) is 6.12. The topological polar surface area (TPSA) is 84.5 Å². The van der Waals surface area contributed by atoms with Gasteiger partial charge in [-0.05, 0) is 68.7 Å². The number of anilines is 2. The van der Waals surface area contributed by atoms with E-state index in [0.717, 1.165) is 28.0 Å². The van der Waals surface area contributed by atoms with Gasteiger partial charge < -0.3 is 15.4 Å². The highest BCUT2D eigenvalue weighted by Gasteiger charge is 2.26. The second-order valence-electron chi connectivity index (χ2n) is 7.63. The summed E-state index contributed by atoms with van der Waals surface area (Å²) in [6.07, 6.45) is 2.98. The van der Waals surface area contributed by atoms with Crippen LogP contribution in [-0.2, 0) is 9.53 Å². The molecule has 0 aliphatic carbocycles. The number of benzene rings is 2. The Bertz CT molecular complexity index is 1260. The van der Waals surface area contributed by atoms with Gasteiger partial charge in [0.05, 0.1) is 17.0 Å². The van der Waals surface area contributed by atoms with E-state index < -0.39 is 11.9 Å². The van der Waals surface area contributed by atoms with E-state index in [0.29, 0.717) is 21.2 Å². The highest BCUT2D eigenvalue weighted by molar-refractivity contribution is 7.19. The monoisotopic (exact) mass is 496 g/mol. The molecule has 1 heterocycles. The Hall–Kier alpha value is -3.42. The van der Waals surface area contributed by atoms with E-state index in [4.69, 9.17) is 16.3 Å². The average Bonchev–Trinajstić information content (AvgIpc) is 3.11. The third-order valence-electron chi connectivity index (χ3n) is 5.00. The molecule has 0 unspecified atom stereocenters. The van der Waals surface area contributed by atoms with Crippen LogP contribution < -0.4 is 10.6 Å². The first-order valence-corrected chi connectivity index (χ1v) is 11.8. The van der Waals surface area contributed by atoms with Crippen LogP contribution in [-0.4, -0.2) is 24.4 Å². The number of aryl methyl sites for hydroxylation is 2. The van der Waals surface area contributed by atoms with Gasteiger partial charge in [-0.25, -0.2) is 4.79 Å². The van der Waals surface area contributed by atoms with Gasteiger partial charge in [-0.3, -0.25) is 9.59 Å². The van der Waals surface area contributed by atoms with Gasteiger partial charge in [0.25, 0.3) is 5.91 Å². The fourth-order valence-corrected chi connectivity index (χ4v) is 4.52. The van der Waals surface area contributed by atoms with Crippen LogP contribution in [0.15, 0.2) is 48.5 Å². The first kappa shape index (κ1) is 25.2. The molecule has 0 aliphatic heterocycles. The molecule has 0 saturated carbocycles. The largest absolute Gasteiger partial charge is 0.462 e. The van der Waals surface area contributed by atoms with Gasteiger partial charge in [0.2, 0.25) is 5.91 Å². The summed E-state index contributed by atoms with van der Waals surface area (Å²) in [4.78, 5) is 38.6. The molecule has 1 aromatic heterocycles. The molecule has 0 saturated heterocycles. The number of hydrogen-bond acceptors (Lipinski definition) is 5. The number of nitrogens with one attached hydrogen (secondary N) is 2. The fraction of sp³-hybridized carbons (Fsp3) is 0.192. The van der Waals surface area contributed by atoms with Crippen molar-refractivity contribution < 1.29 is 19.1 Å². The standard InChI is InChI=1S/C26H25ClN2O4S/c1-5-33-26(32)22-17(4)23(24(31)28-20-12-6-15(2)14-16(20)3)34-25(22)29-21(30)13-9-18-7-10-19(27)11-8-18/h6-14H,5H2,1-4H3,(H,28,31)(H,29,30)/b13-9+. The van der Waals surface area contributed by atoms with Gasteiger partial charge >= 0.3 is 5.97 Å². The van der Waals surface area contributed by atoms with Crippen LogP contribution >= 0.6 is 22.9 Å². The Balaban J connectivity index is 1.87. The first-order chi connectivity index (χ1) is 16.2. The third-order valence-corrected chi connectivity index (χ3v) is 6.45. The van der Waals surface area contributed by atoms with Crippen LogP contribution in [0.4, 0.5) is 10.7 Å². The van der Waals surface area contributed by atoms with Crippen molar-refractivity contribution in [3.8, 4) is 0 Å². The molecule has 34 heavy (non-hydrogen) atoms. The van der Waals surface area contributed by atoms with Gasteiger partial charge in [0.1, 0.15) is 5.00 Å². The van der Waals surface area contributed by atoms with E-state index >= 15 is 0 Å². The summed E-state index contributed by atoms with van der Waals surface area (Å²) in [6, 6.07) is 12.7. The molecule has 8 heteroatoms. The van der Waals surface area contributed by atoms with Crippen LogP contribution in [0, 0.1) is 20.8 Å². The Morgan fingerprint density at radius 2 is 1.74 bits per heavy atom. The van der Waals surface area contributed by atoms with Crippen LogP contribution in [0.2, 0.25) is 5.02 Å². The molecule has 0 radical (unpaired) electrons. The predicted octanol–water partition coefficient (Wildman–Crippen LogP) is 6.41. The zero-order chi connectivity index (χ0) is 24.8. The molecule has 3 rings (SSSR count). The zero-order valence-corrected chi connectivity index (χ0v) is 20.9. The molecule has 0 fully saturated rings. The van der Waals surface area contributed by atoms with E-state index in [1.807, 2.05) is 32.0 Å². The van der Waals surface area contributed by atoms with Gasteiger partial charge in [-0.15, -0.1) is 11.3 Å². The van der Waals surface area contributed by atoms with Gasteiger partial charge in [0, 0.05) is 16.8 Å². The van der Waals surface area contributed by atoms with Crippen LogP contribution in [0.25, 0.3) is 6.08 Å². The number of rotatable bonds is 7. The minimum absolute atomic E-state index is 0.169. The van der Waals surface area contributed by atoms with Gasteiger partial charge in [0.15, 0.2) is 0 Å². The number of carbonyl (C=O) groups excluding carboxylic acids is 3. The van der Waals surface area contributed by atoms with E-state index in [9.17, 15) is 14.4 Å². The Morgan fingerprint density at radius 1 is 1.03 bits per heavy atom. The van der Waals surface area contributed by atoms with Crippen molar-refractivity contribution in [3.63, 3.8) is 0 Å². The summed E-state index contributed by atoms with van der Waals surface area (Å²) in [5.74, 6) is -1.40. The van der Waals surface area contributed by atoms with Crippen molar-refractivity contribution >= 4 is 57.5 Å². The van der Waals surface area contributed by atoms with Crippen LogP contribution in [0.3, 0.4) is 0 Å². The Morgan fingerprint density at radius 3 is 2.38 bits per heavy atom. The maximum Gasteiger partial charge on any atom is 0.341 e. The molecular weight excluding hydrogens is 472 g/mol. The molecule has 0 spiro atoms. The predicted molar refractivity (Wildman–Crippen MR) is 138 cm³/mol. The summed E-state index contributed by atoms with van der Waals surface area (Å²) in [5.41, 5.74) is 4.10. The van der Waals surface area contributed by atoms with Crippen molar-refractivity contribution in [1.82, 2.24) is 0 Å². The van der Waals surface area contributed by atoms with E-state index in [2.05, 4.69) is 10.6 Å². The number of amides is 2. The number of carbonyl (C=O) groups is 3. The molecule has 0 aliphatic rings. The van der Waals surface area contributed by atoms with Gasteiger partial charge in [-0.1, -0.05) is 41.4 Å². The summed E-state index contributed by atoms with van der Waals surface area (Å²) < 4.78 is 5.17. The number of ether oxygens (including phenoxy) is 1. The molecule has 0 bridgehead atoms. The maximum atomic E-state index is 13.1. The Labute approximate surface area is 207 Å². The summed E-state index contributed by atoms with van der Waals surface area (Å²) >= 11 is 6.92. The molecular formula is C26H25ClN2O4S. The van der Waals surface area contributed by atoms with Crippen molar-refractivity contribution in [2.45, 2.75) is 27.7 Å². The first-order valence-electron chi connectivity index (χ1n) is 10.6. The minimum atomic E-state index is -0.598. The molecule has 2 amide bonds. The van der Waals surface area contributed by atoms with E-state index in [-0.39, 0.29) is 23.1 Å². The maximum absolute atomic E-state index is 13.1. The van der Waals surface area contributed by atoms with Crippen LogP contribution in [0.5, 0.6) is 0 Å². The summed E-state index contributed by atoms with van der Waals surface area (Å²) in [7, 11) is 0. The highest BCUT2D eigenvalue weighted by Crippen LogP contribution is 2.34. The smallest absolute Gasteiger partial charge is 0.341 e. The number of thiophene rings is 1. The number of esters is 1. The lowest BCUT2D eigenvalue weighted by Gasteiger charge is -2.09. The van der Waals surface area contributed by atoms with Crippen molar-refractivity contribution in [2.75, 3.05) is 17.2 Å². The lowest BCUT2D eigenvalue weighted by molar-refractivity contribution is -0.111. The molecule has 0 atom stereocenters. The second kappa shape index (κ2) is 11.1. The summed E-state index contributed by atoms with van der Waals surface area (Å²) in [5, 5.41) is 6.46. The molecule has 6 nitrogen and oxygen atoms in total. The van der Waals surface area contributed by atoms with E-state index in [1.165, 1.54) is 6.08 Å². The van der Waals surface area contributed by atoms with E-state index in [1.54, 1.807) is 44.2 Å². The Kier molecular flexibility index (Phi) is 8.26. The molecule has 2 N–H and O–H groups in total. The quantitative estimate of drug-likeness (QED) is 0.292. The molecule has 176 valence electrons. The highest BCUT2D eigenvalue weighted by atomic mass is 35.5. The average molecular weight is 497 g/mol. The normalized spacial score (nSPS) is 10.9. The molecule has 3 aromatic rings. The molecule has 2 aromatic carbocycles. The lowest BCUT2D eigenvalue weighted by atomic mass is 10.1. The zero-order valence-electron chi connectivity index (χ0n) is 19.3. The van der Waals surface area contributed by atoms with Crippen molar-refractivity contribution in [2.24, 2.45) is 0 Å². The van der Waals surface area contributed by atoms with Crippen LogP contribution in [0.1, 0.15) is 49.2 Å². The van der Waals surface area contributed by atoms with Gasteiger partial charge in [-0.2, -0.15) is 0 Å². The van der Waals surface area contributed by atoms with Crippen molar-refractivity contribution in [3.05, 3.63) is 86.3 Å². The van der Waals surface area contributed by atoms with Crippen molar-refractivity contribution in [1.29, 1.82) is 0 Å². The number of hydrogen-bond donors (Lipinski definition) is 2. The second-order valence-corrected chi connectivity index (χ2v) is 9.08. The SMILES string of the molecule is CCOC(=O)c1c(NC(=O)/C=C/c2ccc(Cl)cc2)sc(C(=O)Nc2ccc(C)cc2C)c1C. The lowest BCUT2D eigenvalue weighted by Crippen LogP contribution is -2.14. The minimum Gasteiger partial charge on any atom is -0.462 e.